The Morgan fingerprint density at radius 1 is 0.842 bits per heavy atom. The molecule has 0 spiro atoms. The van der Waals surface area contributed by atoms with E-state index < -0.39 is 11.7 Å². The van der Waals surface area contributed by atoms with Crippen LogP contribution in [-0.2, 0) is 6.18 Å². The van der Waals surface area contributed by atoms with E-state index in [2.05, 4.69) is 5.43 Å². The van der Waals surface area contributed by atoms with Crippen molar-refractivity contribution in [3.8, 4) is 0 Å². The van der Waals surface area contributed by atoms with Crippen LogP contribution < -0.4 is 11.3 Å². The molecule has 0 saturated heterocycles. The molecule has 0 saturated carbocycles. The molecule has 0 aromatic heterocycles. The van der Waals surface area contributed by atoms with Crippen LogP contribution in [0.3, 0.4) is 0 Å². The van der Waals surface area contributed by atoms with Crippen molar-refractivity contribution in [1.29, 1.82) is 0 Å². The van der Waals surface area contributed by atoms with Gasteiger partial charge in [-0.25, -0.2) is 5.43 Å². The Labute approximate surface area is 109 Å². The van der Waals surface area contributed by atoms with Gasteiger partial charge in [-0.05, 0) is 23.3 Å². The summed E-state index contributed by atoms with van der Waals surface area (Å²) in [5, 5.41) is 0. The number of nitrogens with one attached hydrogen (secondary N) is 1. The lowest BCUT2D eigenvalue weighted by atomic mass is 9.98. The number of benzene rings is 2. The summed E-state index contributed by atoms with van der Waals surface area (Å²) in [5.41, 5.74) is 3.52. The van der Waals surface area contributed by atoms with Gasteiger partial charge in [-0.1, -0.05) is 42.5 Å². The normalized spacial score (nSPS) is 13.3. The summed E-state index contributed by atoms with van der Waals surface area (Å²) in [4.78, 5) is 0. The standard InChI is InChI=1S/C14H13F3N2/c15-14(16,17)12-8-6-11(7-9-12)13(19-18)10-4-2-1-3-5-10/h1-9,13,19H,18H2/t13-/m0/s1. The average molecular weight is 266 g/mol. The predicted octanol–water partition coefficient (Wildman–Crippen LogP) is 3.26. The van der Waals surface area contributed by atoms with Crippen LogP contribution in [0.25, 0.3) is 0 Å². The molecule has 0 bridgehead atoms. The highest BCUT2D eigenvalue weighted by Crippen LogP contribution is 2.30. The van der Waals surface area contributed by atoms with Crippen LogP contribution in [0, 0.1) is 0 Å². The molecular formula is C14H13F3N2. The summed E-state index contributed by atoms with van der Waals surface area (Å²) in [6.07, 6.45) is -4.32. The molecule has 2 aromatic rings. The first-order valence-electron chi connectivity index (χ1n) is 5.70. The lowest BCUT2D eigenvalue weighted by molar-refractivity contribution is -0.137. The Morgan fingerprint density at radius 2 is 1.37 bits per heavy atom. The van der Waals surface area contributed by atoms with Crippen molar-refractivity contribution in [2.24, 2.45) is 5.84 Å². The topological polar surface area (TPSA) is 38.0 Å². The van der Waals surface area contributed by atoms with E-state index in [4.69, 9.17) is 5.84 Å². The van der Waals surface area contributed by atoms with Gasteiger partial charge in [0.2, 0.25) is 0 Å². The van der Waals surface area contributed by atoms with E-state index in [9.17, 15) is 13.2 Å². The molecule has 0 amide bonds. The molecule has 0 unspecified atom stereocenters. The van der Waals surface area contributed by atoms with Crippen molar-refractivity contribution < 1.29 is 13.2 Å². The zero-order valence-electron chi connectivity index (χ0n) is 9.98. The van der Waals surface area contributed by atoms with Gasteiger partial charge in [0.15, 0.2) is 0 Å². The van der Waals surface area contributed by atoms with E-state index in [0.717, 1.165) is 17.7 Å². The second-order valence-electron chi connectivity index (χ2n) is 4.13. The molecule has 2 aromatic carbocycles. The fourth-order valence-corrected chi connectivity index (χ4v) is 1.89. The van der Waals surface area contributed by atoms with Gasteiger partial charge in [0.05, 0.1) is 11.6 Å². The van der Waals surface area contributed by atoms with Crippen LogP contribution >= 0.6 is 0 Å². The fraction of sp³-hybridized carbons (Fsp3) is 0.143. The predicted molar refractivity (Wildman–Crippen MR) is 67.1 cm³/mol. The van der Waals surface area contributed by atoms with Gasteiger partial charge in [-0.2, -0.15) is 13.2 Å². The van der Waals surface area contributed by atoms with Crippen molar-refractivity contribution in [2.45, 2.75) is 12.2 Å². The van der Waals surface area contributed by atoms with Gasteiger partial charge in [0, 0.05) is 0 Å². The maximum absolute atomic E-state index is 12.5. The Morgan fingerprint density at radius 3 is 1.84 bits per heavy atom. The first-order chi connectivity index (χ1) is 9.02. The molecular weight excluding hydrogens is 253 g/mol. The Kier molecular flexibility index (Phi) is 3.87. The van der Waals surface area contributed by atoms with Gasteiger partial charge in [0.25, 0.3) is 0 Å². The van der Waals surface area contributed by atoms with Crippen molar-refractivity contribution in [1.82, 2.24) is 5.43 Å². The third kappa shape index (κ3) is 3.13. The molecule has 0 aliphatic carbocycles. The monoisotopic (exact) mass is 266 g/mol. The molecule has 0 aliphatic rings. The van der Waals surface area contributed by atoms with E-state index in [1.54, 1.807) is 0 Å². The molecule has 0 radical (unpaired) electrons. The van der Waals surface area contributed by atoms with E-state index in [1.165, 1.54) is 12.1 Å². The van der Waals surface area contributed by atoms with Crippen LogP contribution in [0.4, 0.5) is 13.2 Å². The highest BCUT2D eigenvalue weighted by Gasteiger charge is 2.30. The van der Waals surface area contributed by atoms with Crippen molar-refractivity contribution in [2.75, 3.05) is 0 Å². The number of hydrogen-bond acceptors (Lipinski definition) is 2. The maximum Gasteiger partial charge on any atom is 0.416 e. The second-order valence-corrected chi connectivity index (χ2v) is 4.13. The van der Waals surface area contributed by atoms with Crippen LogP contribution in [0.15, 0.2) is 54.6 Å². The minimum Gasteiger partial charge on any atom is -0.271 e. The lowest BCUT2D eigenvalue weighted by Gasteiger charge is -2.17. The number of alkyl halides is 3. The third-order valence-electron chi connectivity index (χ3n) is 2.87. The van der Waals surface area contributed by atoms with Gasteiger partial charge >= 0.3 is 6.18 Å². The molecule has 19 heavy (non-hydrogen) atoms. The number of hydrogen-bond donors (Lipinski definition) is 2. The summed E-state index contributed by atoms with van der Waals surface area (Å²) in [5.74, 6) is 5.49. The SMILES string of the molecule is NN[C@@H](c1ccccc1)c1ccc(C(F)(F)F)cc1. The zero-order chi connectivity index (χ0) is 13.9. The third-order valence-corrected chi connectivity index (χ3v) is 2.87. The molecule has 0 aliphatic heterocycles. The largest absolute Gasteiger partial charge is 0.416 e. The summed E-state index contributed by atoms with van der Waals surface area (Å²) < 4.78 is 37.5. The molecule has 2 rings (SSSR count). The maximum atomic E-state index is 12.5. The number of nitrogens with two attached hydrogens (primary N) is 1. The molecule has 1 atom stereocenters. The Bertz CT molecular complexity index is 521. The van der Waals surface area contributed by atoms with Crippen molar-refractivity contribution in [3.05, 3.63) is 71.3 Å². The average Bonchev–Trinajstić information content (AvgIpc) is 2.40. The van der Waals surface area contributed by atoms with Crippen LogP contribution in [0.5, 0.6) is 0 Å². The van der Waals surface area contributed by atoms with Crippen LogP contribution in [0.1, 0.15) is 22.7 Å². The minimum atomic E-state index is -4.32. The lowest BCUT2D eigenvalue weighted by Crippen LogP contribution is -2.28. The number of halogens is 3. The molecule has 0 heterocycles. The number of hydrazine groups is 1. The fourth-order valence-electron chi connectivity index (χ4n) is 1.89. The summed E-state index contributed by atoms with van der Waals surface area (Å²) in [7, 11) is 0. The summed E-state index contributed by atoms with van der Waals surface area (Å²) in [6, 6.07) is 13.9. The van der Waals surface area contributed by atoms with E-state index >= 15 is 0 Å². The van der Waals surface area contributed by atoms with Gasteiger partial charge < -0.3 is 0 Å². The van der Waals surface area contributed by atoms with Crippen molar-refractivity contribution >= 4 is 0 Å². The Balaban J connectivity index is 2.30. The first-order valence-corrected chi connectivity index (χ1v) is 5.70. The second kappa shape index (κ2) is 5.42. The Hall–Kier alpha value is -1.85. The highest BCUT2D eigenvalue weighted by molar-refractivity contribution is 5.34. The highest BCUT2D eigenvalue weighted by atomic mass is 19.4. The van der Waals surface area contributed by atoms with E-state index in [0.29, 0.717) is 5.56 Å². The van der Waals surface area contributed by atoms with Crippen LogP contribution in [0.2, 0.25) is 0 Å². The first kappa shape index (κ1) is 13.6. The van der Waals surface area contributed by atoms with Crippen LogP contribution in [-0.4, -0.2) is 0 Å². The quantitative estimate of drug-likeness (QED) is 0.661. The molecule has 5 heteroatoms. The zero-order valence-corrected chi connectivity index (χ0v) is 9.98. The summed E-state index contributed by atoms with van der Waals surface area (Å²) >= 11 is 0. The molecule has 2 nitrogen and oxygen atoms in total. The van der Waals surface area contributed by atoms with E-state index in [1.807, 2.05) is 30.3 Å². The van der Waals surface area contributed by atoms with Crippen molar-refractivity contribution in [3.63, 3.8) is 0 Å². The summed E-state index contributed by atoms with van der Waals surface area (Å²) in [6.45, 7) is 0. The van der Waals surface area contributed by atoms with Gasteiger partial charge in [-0.3, -0.25) is 5.84 Å². The molecule has 100 valence electrons. The molecule has 3 N–H and O–H groups in total. The minimum absolute atomic E-state index is 0.330. The van der Waals surface area contributed by atoms with Gasteiger partial charge in [0.1, 0.15) is 0 Å². The number of rotatable bonds is 3. The smallest absolute Gasteiger partial charge is 0.271 e. The molecule has 0 fully saturated rings. The van der Waals surface area contributed by atoms with Gasteiger partial charge in [-0.15, -0.1) is 0 Å². The van der Waals surface area contributed by atoms with E-state index in [-0.39, 0.29) is 6.04 Å².